The summed E-state index contributed by atoms with van der Waals surface area (Å²) in [6, 6.07) is 0. The first-order chi connectivity index (χ1) is 12.8. The number of unbranched alkanes of at least 4 members (excludes halogenated alkanes) is 2. The summed E-state index contributed by atoms with van der Waals surface area (Å²) in [6.07, 6.45) is -4.10. The second-order valence-electron chi connectivity index (χ2n) is 7.21. The van der Waals surface area contributed by atoms with Crippen LogP contribution < -0.4 is 0 Å². The smallest absolute Gasteiger partial charge is 0.370 e. The Balaban J connectivity index is 5.24. The van der Waals surface area contributed by atoms with Crippen molar-refractivity contribution in [1.29, 1.82) is 0 Å². The van der Waals surface area contributed by atoms with Crippen molar-refractivity contribution in [2.24, 2.45) is 5.92 Å². The lowest BCUT2D eigenvalue weighted by molar-refractivity contribution is -0.362. The quantitative estimate of drug-likeness (QED) is 0.292. The normalized spacial score (nSPS) is 15.1. The fourth-order valence-electron chi connectivity index (χ4n) is 2.66. The van der Waals surface area contributed by atoms with Crippen LogP contribution in [-0.2, 0) is 4.74 Å². The van der Waals surface area contributed by atoms with Crippen LogP contribution in [0.3, 0.4) is 0 Å². The summed E-state index contributed by atoms with van der Waals surface area (Å²) >= 11 is 0. The highest BCUT2D eigenvalue weighted by atomic mass is 19.4. The van der Waals surface area contributed by atoms with Crippen molar-refractivity contribution in [2.45, 2.75) is 83.7 Å². The van der Waals surface area contributed by atoms with Crippen LogP contribution in [0, 0.1) is 5.92 Å². The first-order valence-electron chi connectivity index (χ1n) is 9.52. The highest BCUT2D eigenvalue weighted by Gasteiger charge is 2.77. The van der Waals surface area contributed by atoms with Gasteiger partial charge in [0.25, 0.3) is 0 Å². The topological polar surface area (TPSA) is 12.5 Å². The van der Waals surface area contributed by atoms with Crippen LogP contribution in [0.25, 0.3) is 0 Å². The largest absolute Gasteiger partial charge is 0.380 e. The van der Waals surface area contributed by atoms with Gasteiger partial charge in [-0.1, -0.05) is 40.5 Å². The Morgan fingerprint density at radius 3 is 1.61 bits per heavy atom. The zero-order valence-corrected chi connectivity index (χ0v) is 16.8. The lowest BCUT2D eigenvalue weighted by Crippen LogP contribution is -2.63. The molecule has 0 saturated carbocycles. The molecule has 0 saturated heterocycles. The number of rotatable bonds is 15. The predicted octanol–water partition coefficient (Wildman–Crippen LogP) is 6.10. The Morgan fingerprint density at radius 2 is 1.25 bits per heavy atom. The van der Waals surface area contributed by atoms with Gasteiger partial charge in [0.15, 0.2) is 0 Å². The zero-order valence-electron chi connectivity index (χ0n) is 16.8. The molecule has 0 aromatic heterocycles. The van der Waals surface area contributed by atoms with Gasteiger partial charge < -0.3 is 9.64 Å². The van der Waals surface area contributed by atoms with E-state index < -0.39 is 42.8 Å². The average Bonchev–Trinajstić information content (AvgIpc) is 2.59. The molecule has 0 aliphatic carbocycles. The molecule has 0 aromatic rings. The van der Waals surface area contributed by atoms with Crippen LogP contribution in [0.2, 0.25) is 0 Å². The van der Waals surface area contributed by atoms with E-state index in [1.165, 1.54) is 0 Å². The van der Waals surface area contributed by atoms with E-state index in [0.29, 0.717) is 13.1 Å². The van der Waals surface area contributed by atoms with Crippen LogP contribution in [0.1, 0.15) is 53.4 Å². The Kier molecular flexibility index (Phi) is 11.3. The molecule has 1 unspecified atom stereocenters. The van der Waals surface area contributed by atoms with Crippen molar-refractivity contribution in [1.82, 2.24) is 4.90 Å². The van der Waals surface area contributed by atoms with Gasteiger partial charge in [-0.2, -0.15) is 26.3 Å². The maximum atomic E-state index is 14.2. The van der Waals surface area contributed by atoms with E-state index in [1.807, 2.05) is 18.7 Å². The fraction of sp³-hybridized carbons (Fsp3) is 1.00. The molecule has 0 radical (unpaired) electrons. The van der Waals surface area contributed by atoms with Crippen molar-refractivity contribution < 1.29 is 39.9 Å². The minimum absolute atomic E-state index is 0.149. The fourth-order valence-corrected chi connectivity index (χ4v) is 2.66. The number of ether oxygens (including phenoxy) is 1. The first-order valence-corrected chi connectivity index (χ1v) is 9.52. The van der Waals surface area contributed by atoms with E-state index in [0.717, 1.165) is 39.5 Å². The third kappa shape index (κ3) is 6.71. The molecule has 1 atom stereocenters. The number of halogens is 8. The molecular weight excluding hydrogens is 398 g/mol. The number of nitrogens with zero attached hydrogens (tertiary/aromatic N) is 1. The Morgan fingerprint density at radius 1 is 0.786 bits per heavy atom. The van der Waals surface area contributed by atoms with Crippen LogP contribution in [0.5, 0.6) is 0 Å². The van der Waals surface area contributed by atoms with E-state index in [2.05, 4.69) is 0 Å². The zero-order chi connectivity index (χ0) is 22.2. The summed E-state index contributed by atoms with van der Waals surface area (Å²) in [7, 11) is 0. The maximum Gasteiger partial charge on any atom is 0.380 e. The molecule has 0 rings (SSSR count). The minimum Gasteiger partial charge on any atom is -0.370 e. The summed E-state index contributed by atoms with van der Waals surface area (Å²) < 4.78 is 111. The molecule has 2 nitrogen and oxygen atoms in total. The molecule has 0 bridgehead atoms. The van der Waals surface area contributed by atoms with Gasteiger partial charge >= 0.3 is 24.2 Å². The van der Waals surface area contributed by atoms with Gasteiger partial charge in [-0.3, -0.25) is 0 Å². The minimum atomic E-state index is -6.26. The van der Waals surface area contributed by atoms with Gasteiger partial charge in [0.2, 0.25) is 0 Å². The van der Waals surface area contributed by atoms with Gasteiger partial charge in [-0.05, 0) is 31.8 Å². The van der Waals surface area contributed by atoms with Crippen LogP contribution >= 0.6 is 0 Å². The molecule has 0 fully saturated rings. The van der Waals surface area contributed by atoms with E-state index >= 15 is 0 Å². The van der Waals surface area contributed by atoms with E-state index in [-0.39, 0.29) is 6.54 Å². The maximum absolute atomic E-state index is 14.2. The predicted molar refractivity (Wildman–Crippen MR) is 91.7 cm³/mol. The van der Waals surface area contributed by atoms with Crippen molar-refractivity contribution >= 4 is 0 Å². The molecule has 0 spiro atoms. The Labute approximate surface area is 161 Å². The van der Waals surface area contributed by atoms with E-state index in [9.17, 15) is 35.1 Å². The third-order valence-corrected chi connectivity index (χ3v) is 4.43. The Bertz CT molecular complexity index is 424. The van der Waals surface area contributed by atoms with Crippen molar-refractivity contribution in [2.75, 3.05) is 26.2 Å². The molecule has 0 heterocycles. The standard InChI is InChI=1S/C18H31F8NO/c1-5-7-9-27(10-8-6-2)11-12-28-14(13(3)4)16(21,22)18(25,26)17(23,24)15(19)20/h13-15H,5-12H2,1-4H3. The van der Waals surface area contributed by atoms with Gasteiger partial charge in [-0.15, -0.1) is 0 Å². The van der Waals surface area contributed by atoms with Crippen molar-refractivity contribution in [3.8, 4) is 0 Å². The lowest BCUT2D eigenvalue weighted by atomic mass is 9.92. The first kappa shape index (κ1) is 27.4. The molecule has 0 aliphatic rings. The van der Waals surface area contributed by atoms with Gasteiger partial charge in [0.1, 0.15) is 6.10 Å². The number of alkyl halides is 8. The number of hydrogen-bond acceptors (Lipinski definition) is 2. The average molecular weight is 429 g/mol. The molecular formula is C18H31F8NO. The highest BCUT2D eigenvalue weighted by Crippen LogP contribution is 2.51. The van der Waals surface area contributed by atoms with Crippen molar-refractivity contribution in [3.63, 3.8) is 0 Å². The van der Waals surface area contributed by atoms with Crippen molar-refractivity contribution in [3.05, 3.63) is 0 Å². The molecule has 0 aromatic carbocycles. The van der Waals surface area contributed by atoms with Crippen LogP contribution in [0.4, 0.5) is 35.1 Å². The third-order valence-electron chi connectivity index (χ3n) is 4.43. The van der Waals surface area contributed by atoms with Gasteiger partial charge in [0.05, 0.1) is 6.61 Å². The number of hydrogen-bond donors (Lipinski definition) is 0. The molecule has 0 aliphatic heterocycles. The summed E-state index contributed by atoms with van der Waals surface area (Å²) in [5.41, 5.74) is 0. The summed E-state index contributed by atoms with van der Waals surface area (Å²) in [4.78, 5) is 1.91. The monoisotopic (exact) mass is 429 g/mol. The lowest BCUT2D eigenvalue weighted by Gasteiger charge is -2.38. The highest BCUT2D eigenvalue weighted by molar-refractivity contribution is 5.02. The van der Waals surface area contributed by atoms with Gasteiger partial charge in [-0.25, -0.2) is 8.78 Å². The second-order valence-corrected chi connectivity index (χ2v) is 7.21. The summed E-state index contributed by atoms with van der Waals surface area (Å²) in [5.74, 6) is -19.2. The van der Waals surface area contributed by atoms with Crippen LogP contribution in [-0.4, -0.2) is 61.4 Å². The van der Waals surface area contributed by atoms with E-state index in [4.69, 9.17) is 4.74 Å². The summed E-state index contributed by atoms with van der Waals surface area (Å²) in [5, 5.41) is 0. The molecule has 0 N–H and O–H groups in total. The molecule has 10 heteroatoms. The Hall–Kier alpha value is -0.640. The van der Waals surface area contributed by atoms with E-state index in [1.54, 1.807) is 0 Å². The second kappa shape index (κ2) is 11.5. The SMILES string of the molecule is CCCCN(CCCC)CCOC(C(C)C)C(F)(F)C(F)(F)C(F)(F)C(F)F. The van der Waals surface area contributed by atoms with Gasteiger partial charge in [0, 0.05) is 6.54 Å². The summed E-state index contributed by atoms with van der Waals surface area (Å²) in [6.45, 7) is 7.16. The molecule has 28 heavy (non-hydrogen) atoms. The molecule has 170 valence electrons. The van der Waals surface area contributed by atoms with Crippen LogP contribution in [0.15, 0.2) is 0 Å². The molecule has 0 amide bonds.